The first-order chi connectivity index (χ1) is 13.4. The molecule has 3 rings (SSSR count). The minimum absolute atomic E-state index is 0.0114. The second kappa shape index (κ2) is 8.17. The minimum atomic E-state index is -0.779. The van der Waals surface area contributed by atoms with E-state index in [2.05, 4.69) is 25.7 Å². The molecule has 0 aliphatic rings. The summed E-state index contributed by atoms with van der Waals surface area (Å²) < 4.78 is 29.2. The molecule has 3 aromatic rings. The molecule has 146 valence electrons. The first-order valence-corrected chi connectivity index (χ1v) is 8.59. The fourth-order valence-corrected chi connectivity index (χ4v) is 2.61. The molecule has 28 heavy (non-hydrogen) atoms. The number of amides is 1. The van der Waals surface area contributed by atoms with Crippen LogP contribution in [0.4, 0.5) is 26.2 Å². The number of benzene rings is 1. The molecule has 0 aliphatic carbocycles. The molecule has 4 N–H and O–H groups in total. The van der Waals surface area contributed by atoms with Crippen LogP contribution in [0.25, 0.3) is 0 Å². The van der Waals surface area contributed by atoms with Gasteiger partial charge in [-0.05, 0) is 19.1 Å². The standard InChI is InChI=1S/C17H16ClF2N7O/c1-2-27-8-9(5-24-27)25-17-23-7-11(15(21)28)16(26-17)22-6-10-12(19)3-4-13(20)14(10)18/h3-5,7-8H,2,6H2,1H3,(H2,21,28)(H2,22,23,25,26). The van der Waals surface area contributed by atoms with Crippen LogP contribution >= 0.6 is 11.6 Å². The van der Waals surface area contributed by atoms with Gasteiger partial charge in [-0.3, -0.25) is 9.48 Å². The van der Waals surface area contributed by atoms with E-state index >= 15 is 0 Å². The van der Waals surface area contributed by atoms with Crippen molar-refractivity contribution in [3.63, 3.8) is 0 Å². The molecule has 1 aromatic carbocycles. The van der Waals surface area contributed by atoms with Gasteiger partial charge in [-0.2, -0.15) is 10.1 Å². The Kier molecular flexibility index (Phi) is 5.69. The van der Waals surface area contributed by atoms with Gasteiger partial charge in [0.25, 0.3) is 5.91 Å². The van der Waals surface area contributed by atoms with Gasteiger partial charge in [0.2, 0.25) is 5.95 Å². The van der Waals surface area contributed by atoms with Crippen molar-refractivity contribution in [2.75, 3.05) is 10.6 Å². The number of aromatic nitrogens is 4. The molecular weight excluding hydrogens is 392 g/mol. The molecule has 0 unspecified atom stereocenters. The Morgan fingerprint density at radius 1 is 1.29 bits per heavy atom. The number of nitrogens with zero attached hydrogens (tertiary/aromatic N) is 4. The molecule has 0 atom stereocenters. The summed E-state index contributed by atoms with van der Waals surface area (Å²) in [5.41, 5.74) is 5.86. The summed E-state index contributed by atoms with van der Waals surface area (Å²) in [4.78, 5) is 19.9. The number of nitrogens with one attached hydrogen (secondary N) is 2. The molecule has 1 amide bonds. The Morgan fingerprint density at radius 2 is 2.04 bits per heavy atom. The summed E-state index contributed by atoms with van der Waals surface area (Å²) in [6.07, 6.45) is 4.57. The van der Waals surface area contributed by atoms with Crippen LogP contribution in [-0.2, 0) is 13.1 Å². The summed E-state index contributed by atoms with van der Waals surface area (Å²) in [6, 6.07) is 1.89. The zero-order valence-electron chi connectivity index (χ0n) is 14.7. The Balaban J connectivity index is 1.86. The third kappa shape index (κ3) is 4.17. The first-order valence-electron chi connectivity index (χ1n) is 8.21. The molecule has 0 saturated heterocycles. The van der Waals surface area contributed by atoms with E-state index in [1.807, 2.05) is 6.92 Å². The highest BCUT2D eigenvalue weighted by atomic mass is 35.5. The summed E-state index contributed by atoms with van der Waals surface area (Å²) >= 11 is 5.82. The minimum Gasteiger partial charge on any atom is -0.365 e. The highest BCUT2D eigenvalue weighted by Gasteiger charge is 2.16. The van der Waals surface area contributed by atoms with E-state index in [4.69, 9.17) is 17.3 Å². The summed E-state index contributed by atoms with van der Waals surface area (Å²) in [7, 11) is 0. The number of halogens is 3. The number of primary amides is 1. The van der Waals surface area contributed by atoms with Gasteiger partial charge in [-0.15, -0.1) is 0 Å². The lowest BCUT2D eigenvalue weighted by molar-refractivity contribution is 0.100. The maximum absolute atomic E-state index is 14.0. The van der Waals surface area contributed by atoms with E-state index in [-0.39, 0.29) is 34.5 Å². The average molecular weight is 408 g/mol. The maximum Gasteiger partial charge on any atom is 0.254 e. The van der Waals surface area contributed by atoms with Crippen molar-refractivity contribution in [3.8, 4) is 0 Å². The Hall–Kier alpha value is -3.27. The molecule has 0 fully saturated rings. The number of nitrogens with two attached hydrogens (primary N) is 1. The van der Waals surface area contributed by atoms with Gasteiger partial charge >= 0.3 is 0 Å². The lowest BCUT2D eigenvalue weighted by atomic mass is 10.2. The molecule has 0 spiro atoms. The average Bonchev–Trinajstić information content (AvgIpc) is 3.12. The van der Waals surface area contributed by atoms with E-state index in [9.17, 15) is 13.6 Å². The van der Waals surface area contributed by atoms with E-state index in [1.54, 1.807) is 17.1 Å². The van der Waals surface area contributed by atoms with E-state index < -0.39 is 17.5 Å². The van der Waals surface area contributed by atoms with Gasteiger partial charge in [0.05, 0.1) is 22.5 Å². The molecule has 0 radical (unpaired) electrons. The lowest BCUT2D eigenvalue weighted by Crippen LogP contribution is -2.17. The van der Waals surface area contributed by atoms with E-state index in [1.165, 1.54) is 6.20 Å². The van der Waals surface area contributed by atoms with Crippen LogP contribution in [0.2, 0.25) is 5.02 Å². The van der Waals surface area contributed by atoms with Crippen LogP contribution < -0.4 is 16.4 Å². The molecule has 0 bridgehead atoms. The number of aryl methyl sites for hydroxylation is 1. The first kappa shape index (κ1) is 19.5. The van der Waals surface area contributed by atoms with Crippen LogP contribution in [0.15, 0.2) is 30.7 Å². The van der Waals surface area contributed by atoms with Crippen molar-refractivity contribution in [1.82, 2.24) is 19.7 Å². The van der Waals surface area contributed by atoms with Gasteiger partial charge in [-0.25, -0.2) is 13.8 Å². The van der Waals surface area contributed by atoms with E-state index in [0.717, 1.165) is 12.1 Å². The SMILES string of the molecule is CCn1cc(Nc2ncc(C(N)=O)c(NCc3c(F)ccc(F)c3Cl)n2)cn1. The molecule has 8 nitrogen and oxygen atoms in total. The molecule has 2 heterocycles. The number of carbonyl (C=O) groups excluding carboxylic acids is 1. The van der Waals surface area contributed by atoms with Gasteiger partial charge in [0, 0.05) is 31.0 Å². The Labute approximate surface area is 163 Å². The normalized spacial score (nSPS) is 10.7. The molecule has 2 aromatic heterocycles. The van der Waals surface area contributed by atoms with Crippen LogP contribution in [0.1, 0.15) is 22.8 Å². The van der Waals surface area contributed by atoms with Crippen molar-refractivity contribution in [2.45, 2.75) is 20.0 Å². The molecular formula is C17H16ClF2N7O. The second-order valence-electron chi connectivity index (χ2n) is 5.71. The summed E-state index contributed by atoms with van der Waals surface area (Å²) in [5.74, 6) is -2.02. The predicted octanol–water partition coefficient (Wildman–Crippen LogP) is 3.08. The quantitative estimate of drug-likeness (QED) is 0.519. The van der Waals surface area contributed by atoms with Crippen LogP contribution in [0.5, 0.6) is 0 Å². The Morgan fingerprint density at radius 3 is 2.71 bits per heavy atom. The van der Waals surface area contributed by atoms with Gasteiger partial charge < -0.3 is 16.4 Å². The second-order valence-corrected chi connectivity index (χ2v) is 6.08. The predicted molar refractivity (Wildman–Crippen MR) is 100 cm³/mol. The fourth-order valence-electron chi connectivity index (χ4n) is 2.39. The number of hydrogen-bond donors (Lipinski definition) is 3. The third-order valence-corrected chi connectivity index (χ3v) is 4.25. The number of rotatable bonds is 7. The number of carbonyl (C=O) groups is 1. The smallest absolute Gasteiger partial charge is 0.254 e. The van der Waals surface area contributed by atoms with Crippen LogP contribution in [-0.4, -0.2) is 25.7 Å². The lowest BCUT2D eigenvalue weighted by Gasteiger charge is -2.12. The Bertz CT molecular complexity index is 1020. The number of anilines is 3. The largest absolute Gasteiger partial charge is 0.365 e. The molecule has 0 saturated carbocycles. The van der Waals surface area contributed by atoms with Crippen LogP contribution in [0.3, 0.4) is 0 Å². The zero-order valence-corrected chi connectivity index (χ0v) is 15.5. The highest BCUT2D eigenvalue weighted by molar-refractivity contribution is 6.31. The topological polar surface area (TPSA) is 111 Å². The van der Waals surface area contributed by atoms with Crippen molar-refractivity contribution in [1.29, 1.82) is 0 Å². The van der Waals surface area contributed by atoms with Crippen molar-refractivity contribution in [3.05, 3.63) is 58.5 Å². The van der Waals surface area contributed by atoms with Crippen LogP contribution in [0, 0.1) is 11.6 Å². The van der Waals surface area contributed by atoms with E-state index in [0.29, 0.717) is 12.2 Å². The fraction of sp³-hybridized carbons (Fsp3) is 0.176. The summed E-state index contributed by atoms with van der Waals surface area (Å²) in [5, 5.41) is 9.46. The number of hydrogen-bond acceptors (Lipinski definition) is 6. The maximum atomic E-state index is 14.0. The van der Waals surface area contributed by atoms with Crippen molar-refractivity contribution < 1.29 is 13.6 Å². The van der Waals surface area contributed by atoms with Gasteiger partial charge in [0.15, 0.2) is 0 Å². The highest BCUT2D eigenvalue weighted by Crippen LogP contribution is 2.24. The molecule has 11 heteroatoms. The molecule has 0 aliphatic heterocycles. The zero-order chi connectivity index (χ0) is 20.3. The monoisotopic (exact) mass is 407 g/mol. The summed E-state index contributed by atoms with van der Waals surface area (Å²) in [6.45, 7) is 2.41. The van der Waals surface area contributed by atoms with Crippen molar-refractivity contribution in [2.24, 2.45) is 5.73 Å². The van der Waals surface area contributed by atoms with Gasteiger partial charge in [0.1, 0.15) is 17.5 Å². The van der Waals surface area contributed by atoms with Gasteiger partial charge in [-0.1, -0.05) is 11.6 Å². The third-order valence-electron chi connectivity index (χ3n) is 3.84. The van der Waals surface area contributed by atoms with Crippen molar-refractivity contribution >= 4 is 35.0 Å².